The van der Waals surface area contributed by atoms with Crippen molar-refractivity contribution >= 4 is 18.2 Å². The van der Waals surface area contributed by atoms with Crippen molar-refractivity contribution in [2.75, 3.05) is 38.7 Å². The lowest BCUT2D eigenvalue weighted by molar-refractivity contribution is -0.127. The van der Waals surface area contributed by atoms with Crippen LogP contribution >= 0.6 is 0 Å². The van der Waals surface area contributed by atoms with Crippen LogP contribution in [0.5, 0.6) is 0 Å². The van der Waals surface area contributed by atoms with Crippen LogP contribution < -0.4 is 10.6 Å². The number of carbonyl (C=O) groups excluding carboxylic acids is 1. The molecule has 0 unspecified atom stereocenters. The van der Waals surface area contributed by atoms with Crippen molar-refractivity contribution in [2.24, 2.45) is 7.05 Å². The summed E-state index contributed by atoms with van der Waals surface area (Å²) in [6, 6.07) is 7.85. The molecule has 10 heteroatoms. The SMILES string of the molecule is COCCNC(=O)C1(Nc2ccn(C)n2)CCN(Cc2ccccn2)CC1.O=CO. The van der Waals surface area contributed by atoms with Gasteiger partial charge in [-0.1, -0.05) is 6.07 Å². The lowest BCUT2D eigenvalue weighted by Gasteiger charge is -2.41. The van der Waals surface area contributed by atoms with Crippen LogP contribution in [-0.4, -0.2) is 76.0 Å². The van der Waals surface area contributed by atoms with Gasteiger partial charge in [0.2, 0.25) is 5.91 Å². The number of aryl methyl sites for hydroxylation is 1. The number of carboxylic acid groups (broad SMARTS) is 1. The van der Waals surface area contributed by atoms with E-state index < -0.39 is 5.54 Å². The number of rotatable bonds is 8. The van der Waals surface area contributed by atoms with E-state index in [0.29, 0.717) is 26.0 Å². The van der Waals surface area contributed by atoms with Crippen molar-refractivity contribution in [2.45, 2.75) is 24.9 Å². The average Bonchev–Trinajstić information content (AvgIpc) is 3.15. The highest BCUT2D eigenvalue weighted by Crippen LogP contribution is 2.27. The minimum atomic E-state index is -0.664. The number of carbonyl (C=O) groups is 2. The monoisotopic (exact) mass is 418 g/mol. The number of piperidine rings is 1. The zero-order chi connectivity index (χ0) is 21.8. The quantitative estimate of drug-likeness (QED) is 0.424. The Morgan fingerprint density at radius 1 is 1.33 bits per heavy atom. The summed E-state index contributed by atoms with van der Waals surface area (Å²) in [7, 11) is 3.50. The minimum absolute atomic E-state index is 0.00249. The van der Waals surface area contributed by atoms with Gasteiger partial charge in [0, 0.05) is 58.8 Å². The van der Waals surface area contributed by atoms with Crippen molar-refractivity contribution in [1.29, 1.82) is 0 Å². The molecule has 3 rings (SSSR count). The second-order valence-electron chi connectivity index (χ2n) is 7.03. The molecule has 0 aromatic carbocycles. The lowest BCUT2D eigenvalue weighted by atomic mass is 9.86. The zero-order valence-electron chi connectivity index (χ0n) is 17.5. The number of hydrogen-bond acceptors (Lipinski definition) is 7. The molecule has 0 spiro atoms. The molecule has 1 aliphatic rings. The molecule has 1 aliphatic heterocycles. The molecule has 10 nitrogen and oxygen atoms in total. The number of hydrogen-bond donors (Lipinski definition) is 3. The number of nitrogens with one attached hydrogen (secondary N) is 2. The van der Waals surface area contributed by atoms with Crippen molar-refractivity contribution < 1.29 is 19.4 Å². The summed E-state index contributed by atoms with van der Waals surface area (Å²) in [4.78, 5) is 28.1. The molecule has 1 amide bonds. The van der Waals surface area contributed by atoms with Gasteiger partial charge in [0.1, 0.15) is 11.4 Å². The highest BCUT2D eigenvalue weighted by Gasteiger charge is 2.41. The van der Waals surface area contributed by atoms with Gasteiger partial charge in [0.25, 0.3) is 6.47 Å². The van der Waals surface area contributed by atoms with Gasteiger partial charge in [-0.2, -0.15) is 5.10 Å². The molecular formula is C20H30N6O4. The Morgan fingerprint density at radius 2 is 2.07 bits per heavy atom. The Balaban J connectivity index is 0.00000101. The number of pyridine rings is 1. The van der Waals surface area contributed by atoms with E-state index in [-0.39, 0.29) is 12.4 Å². The fraction of sp³-hybridized carbons (Fsp3) is 0.500. The Kier molecular flexibility index (Phi) is 9.23. The van der Waals surface area contributed by atoms with Crippen LogP contribution in [0, 0.1) is 0 Å². The molecule has 1 saturated heterocycles. The van der Waals surface area contributed by atoms with Crippen LogP contribution in [0.3, 0.4) is 0 Å². The van der Waals surface area contributed by atoms with Crippen molar-refractivity contribution in [3.8, 4) is 0 Å². The van der Waals surface area contributed by atoms with Gasteiger partial charge in [-0.05, 0) is 25.0 Å². The van der Waals surface area contributed by atoms with E-state index in [1.54, 1.807) is 11.8 Å². The smallest absolute Gasteiger partial charge is 0.290 e. The number of ether oxygens (including phenoxy) is 1. The summed E-state index contributed by atoms with van der Waals surface area (Å²) >= 11 is 0. The third kappa shape index (κ3) is 6.82. The molecule has 1 fully saturated rings. The summed E-state index contributed by atoms with van der Waals surface area (Å²) in [5.41, 5.74) is 0.384. The second kappa shape index (κ2) is 11.9. The maximum atomic E-state index is 13.0. The number of methoxy groups -OCH3 is 1. The van der Waals surface area contributed by atoms with Crippen LogP contribution in [-0.2, 0) is 27.9 Å². The van der Waals surface area contributed by atoms with E-state index >= 15 is 0 Å². The Labute approximate surface area is 176 Å². The molecular weight excluding hydrogens is 388 g/mol. The van der Waals surface area contributed by atoms with Gasteiger partial charge in [-0.3, -0.25) is 24.2 Å². The van der Waals surface area contributed by atoms with Crippen LogP contribution in [0.15, 0.2) is 36.7 Å². The third-order valence-corrected chi connectivity index (χ3v) is 4.93. The Hall–Kier alpha value is -2.98. The van der Waals surface area contributed by atoms with Crippen molar-refractivity contribution in [1.82, 2.24) is 25.0 Å². The highest BCUT2D eigenvalue weighted by atomic mass is 16.5. The second-order valence-corrected chi connectivity index (χ2v) is 7.03. The van der Waals surface area contributed by atoms with E-state index in [4.69, 9.17) is 14.6 Å². The van der Waals surface area contributed by atoms with Gasteiger partial charge < -0.3 is 20.5 Å². The molecule has 0 bridgehead atoms. The topological polar surface area (TPSA) is 122 Å². The van der Waals surface area contributed by atoms with Gasteiger partial charge in [0.05, 0.1) is 12.3 Å². The Bertz CT molecular complexity index is 775. The standard InChI is InChI=1S/C19H28N6O2.CH2O2/c1-24-11-6-17(23-24)22-19(18(26)21-10-14-27-2)7-12-25(13-8-19)15-16-5-3-4-9-20-16;2-1-3/h3-6,9,11H,7-8,10,12-15H2,1-2H3,(H,21,26)(H,22,23);1H,(H,2,3). The maximum Gasteiger partial charge on any atom is 0.290 e. The zero-order valence-corrected chi connectivity index (χ0v) is 17.5. The fourth-order valence-electron chi connectivity index (χ4n) is 3.39. The normalized spacial score (nSPS) is 15.5. The molecule has 0 saturated carbocycles. The molecule has 3 N–H and O–H groups in total. The van der Waals surface area contributed by atoms with Gasteiger partial charge >= 0.3 is 0 Å². The van der Waals surface area contributed by atoms with Crippen molar-refractivity contribution in [3.05, 3.63) is 42.4 Å². The lowest BCUT2D eigenvalue weighted by Crippen LogP contribution is -2.58. The van der Waals surface area contributed by atoms with Gasteiger partial charge in [-0.15, -0.1) is 0 Å². The van der Waals surface area contributed by atoms with Crippen LogP contribution in [0.1, 0.15) is 18.5 Å². The summed E-state index contributed by atoms with van der Waals surface area (Å²) < 4.78 is 6.78. The number of likely N-dealkylation sites (tertiary alicyclic amines) is 1. The van der Waals surface area contributed by atoms with E-state index in [2.05, 4.69) is 25.6 Å². The summed E-state index contributed by atoms with van der Waals surface area (Å²) in [6.45, 7) is 3.17. The first-order valence-corrected chi connectivity index (χ1v) is 9.78. The molecule has 0 radical (unpaired) electrons. The predicted octanol–water partition coefficient (Wildman–Crippen LogP) is 0.725. The van der Waals surface area contributed by atoms with E-state index in [9.17, 15) is 4.79 Å². The molecule has 0 atom stereocenters. The molecule has 2 aromatic heterocycles. The first-order valence-electron chi connectivity index (χ1n) is 9.78. The number of aromatic nitrogens is 3. The average molecular weight is 418 g/mol. The highest BCUT2D eigenvalue weighted by molar-refractivity contribution is 5.89. The van der Waals surface area contributed by atoms with Gasteiger partial charge in [-0.25, -0.2) is 0 Å². The van der Waals surface area contributed by atoms with E-state index in [1.165, 1.54) is 0 Å². The number of amides is 1. The Morgan fingerprint density at radius 3 is 2.63 bits per heavy atom. The molecule has 2 aromatic rings. The third-order valence-electron chi connectivity index (χ3n) is 4.93. The molecule has 164 valence electrons. The summed E-state index contributed by atoms with van der Waals surface area (Å²) in [5.74, 6) is 0.722. The largest absolute Gasteiger partial charge is 0.483 e. The number of nitrogens with zero attached hydrogens (tertiary/aromatic N) is 4. The maximum absolute atomic E-state index is 13.0. The van der Waals surface area contributed by atoms with E-state index in [0.717, 1.165) is 31.1 Å². The molecule has 0 aliphatic carbocycles. The molecule has 3 heterocycles. The van der Waals surface area contributed by atoms with Crippen LogP contribution in [0.2, 0.25) is 0 Å². The van der Waals surface area contributed by atoms with Crippen LogP contribution in [0.4, 0.5) is 5.82 Å². The van der Waals surface area contributed by atoms with Crippen LogP contribution in [0.25, 0.3) is 0 Å². The molecule has 30 heavy (non-hydrogen) atoms. The fourth-order valence-corrected chi connectivity index (χ4v) is 3.39. The summed E-state index contributed by atoms with van der Waals surface area (Å²) in [5, 5.41) is 17.7. The predicted molar refractivity (Wildman–Crippen MR) is 112 cm³/mol. The minimum Gasteiger partial charge on any atom is -0.483 e. The number of anilines is 1. The van der Waals surface area contributed by atoms with Crippen molar-refractivity contribution in [3.63, 3.8) is 0 Å². The summed E-state index contributed by atoms with van der Waals surface area (Å²) in [6.07, 6.45) is 5.09. The first kappa shape index (κ1) is 23.3. The van der Waals surface area contributed by atoms with Gasteiger partial charge in [0.15, 0.2) is 0 Å². The first-order chi connectivity index (χ1) is 14.5. The van der Waals surface area contributed by atoms with E-state index in [1.807, 2.05) is 43.7 Å².